The molecule has 0 bridgehead atoms. The lowest BCUT2D eigenvalue weighted by molar-refractivity contribution is -0.384. The maximum atomic E-state index is 13.7. The molecule has 0 saturated heterocycles. The normalized spacial score (nSPS) is 18.7. The molecule has 1 heterocycles. The highest BCUT2D eigenvalue weighted by Gasteiger charge is 2.52. The molecule has 2 aromatic carbocycles. The summed E-state index contributed by atoms with van der Waals surface area (Å²) in [4.78, 5) is 39.6. The van der Waals surface area contributed by atoms with Gasteiger partial charge in [-0.1, -0.05) is 22.0 Å². The van der Waals surface area contributed by atoms with Crippen LogP contribution in [0.2, 0.25) is 0 Å². The molecule has 0 saturated carbocycles. The molecule has 10 heteroatoms. The van der Waals surface area contributed by atoms with Gasteiger partial charge in [0.05, 0.1) is 49.3 Å². The van der Waals surface area contributed by atoms with Crippen LogP contribution in [0.25, 0.3) is 0 Å². The predicted octanol–water partition coefficient (Wildman–Crippen LogP) is 3.88. The Kier molecular flexibility index (Phi) is 5.81. The third kappa shape index (κ3) is 3.12. The number of carbonyl (C=O) groups is 2. The van der Waals surface area contributed by atoms with Gasteiger partial charge in [-0.25, -0.2) is 0 Å². The predicted molar refractivity (Wildman–Crippen MR) is 118 cm³/mol. The van der Waals surface area contributed by atoms with Crippen LogP contribution >= 0.6 is 15.9 Å². The van der Waals surface area contributed by atoms with Crippen LogP contribution in [0.3, 0.4) is 0 Å². The fourth-order valence-electron chi connectivity index (χ4n) is 4.67. The molecule has 1 aliphatic carbocycles. The van der Waals surface area contributed by atoms with Gasteiger partial charge in [0.25, 0.3) is 11.6 Å². The second kappa shape index (κ2) is 8.42. The van der Waals surface area contributed by atoms with E-state index in [9.17, 15) is 19.7 Å². The van der Waals surface area contributed by atoms with Crippen LogP contribution in [-0.2, 0) is 0 Å². The smallest absolute Gasteiger partial charge is 0.270 e. The molecule has 0 fully saturated rings. The Morgan fingerprint density at radius 3 is 2.38 bits per heavy atom. The van der Waals surface area contributed by atoms with Crippen LogP contribution in [0.15, 0.2) is 24.3 Å². The van der Waals surface area contributed by atoms with E-state index in [1.807, 2.05) is 0 Å². The first-order valence-electron chi connectivity index (χ1n) is 9.91. The second-order valence-corrected chi connectivity index (χ2v) is 8.26. The van der Waals surface area contributed by atoms with Gasteiger partial charge in [0.15, 0.2) is 17.3 Å². The summed E-state index contributed by atoms with van der Waals surface area (Å²) in [6, 6.07) is 5.22. The summed E-state index contributed by atoms with van der Waals surface area (Å²) in [6.07, 6.45) is 0.646. The van der Waals surface area contributed by atoms with Gasteiger partial charge < -0.3 is 19.1 Å². The van der Waals surface area contributed by atoms with Crippen LogP contribution < -0.4 is 14.2 Å². The molecule has 32 heavy (non-hydrogen) atoms. The molecular formula is C22H21BrN2O7. The average molecular weight is 505 g/mol. The Balaban J connectivity index is 1.99. The van der Waals surface area contributed by atoms with E-state index >= 15 is 0 Å². The van der Waals surface area contributed by atoms with Crippen molar-refractivity contribution in [3.63, 3.8) is 0 Å². The Bertz CT molecular complexity index is 1130. The average Bonchev–Trinajstić information content (AvgIpc) is 3.09. The van der Waals surface area contributed by atoms with Crippen molar-refractivity contribution in [3.8, 4) is 17.2 Å². The number of ketones is 1. The number of Topliss-reactive ketones (excluding diaryl/α,β-unsaturated/α-hetero) is 1. The number of fused-ring (bicyclic) bond motifs is 5. The molecule has 4 rings (SSSR count). The van der Waals surface area contributed by atoms with E-state index in [-0.39, 0.29) is 28.7 Å². The van der Waals surface area contributed by atoms with Crippen LogP contribution in [0.5, 0.6) is 17.2 Å². The first-order valence-corrected chi connectivity index (χ1v) is 11.0. The zero-order valence-electron chi connectivity index (χ0n) is 17.7. The minimum absolute atomic E-state index is 0.175. The number of amides is 1. The van der Waals surface area contributed by atoms with Gasteiger partial charge >= 0.3 is 0 Å². The van der Waals surface area contributed by atoms with Crippen molar-refractivity contribution < 1.29 is 28.7 Å². The standard InChI is InChI=1S/C22H21BrN2O7/c1-30-15-10-14-17(21(32-3)20(15)31-2)19(26)16-12-6-5-11(25(28)29)9-13(12)22(27)24(18(14)16)8-4-7-23/h5-6,9-10,16,18H,4,7-8H2,1-3H3/t16-,18-/m1/s1. The summed E-state index contributed by atoms with van der Waals surface area (Å²) in [6.45, 7) is 0.372. The molecule has 0 aromatic heterocycles. The van der Waals surface area contributed by atoms with E-state index in [0.29, 0.717) is 46.5 Å². The lowest BCUT2D eigenvalue weighted by Gasteiger charge is -2.38. The number of alkyl halides is 1. The molecule has 0 radical (unpaired) electrons. The monoisotopic (exact) mass is 504 g/mol. The highest BCUT2D eigenvalue weighted by Crippen LogP contribution is 2.56. The maximum Gasteiger partial charge on any atom is 0.270 e. The highest BCUT2D eigenvalue weighted by molar-refractivity contribution is 9.09. The third-order valence-corrected chi connectivity index (χ3v) is 6.53. The molecular weight excluding hydrogens is 484 g/mol. The highest BCUT2D eigenvalue weighted by atomic mass is 79.9. The number of hydrogen-bond donors (Lipinski definition) is 0. The molecule has 1 amide bonds. The zero-order valence-corrected chi connectivity index (χ0v) is 19.3. The lowest BCUT2D eigenvalue weighted by atomic mass is 9.82. The van der Waals surface area contributed by atoms with Crippen molar-refractivity contribution in [2.45, 2.75) is 18.4 Å². The van der Waals surface area contributed by atoms with Crippen molar-refractivity contribution in [3.05, 3.63) is 56.6 Å². The number of methoxy groups -OCH3 is 3. The van der Waals surface area contributed by atoms with E-state index in [4.69, 9.17) is 14.2 Å². The van der Waals surface area contributed by atoms with Gasteiger partial charge in [-0.3, -0.25) is 19.7 Å². The molecule has 0 unspecified atom stereocenters. The number of hydrogen-bond acceptors (Lipinski definition) is 7. The number of non-ortho nitro benzene ring substituents is 1. The van der Waals surface area contributed by atoms with Gasteiger partial charge in [0.2, 0.25) is 5.75 Å². The number of nitro groups is 1. The van der Waals surface area contributed by atoms with Crippen LogP contribution in [0, 0.1) is 10.1 Å². The molecule has 0 spiro atoms. The van der Waals surface area contributed by atoms with Crippen LogP contribution in [0.4, 0.5) is 5.69 Å². The van der Waals surface area contributed by atoms with E-state index in [2.05, 4.69) is 15.9 Å². The molecule has 9 nitrogen and oxygen atoms in total. The third-order valence-electron chi connectivity index (χ3n) is 5.97. The number of ether oxygens (including phenoxy) is 3. The summed E-state index contributed by atoms with van der Waals surface area (Å²) in [5.74, 6) is -0.353. The molecule has 1 aliphatic heterocycles. The van der Waals surface area contributed by atoms with E-state index in [1.54, 1.807) is 11.0 Å². The fraction of sp³-hybridized carbons (Fsp3) is 0.364. The van der Waals surface area contributed by atoms with Gasteiger partial charge in [0.1, 0.15) is 0 Å². The van der Waals surface area contributed by atoms with Crippen LogP contribution in [-0.4, -0.2) is 54.7 Å². The summed E-state index contributed by atoms with van der Waals surface area (Å²) >= 11 is 3.39. The molecule has 0 N–H and O–H groups in total. The molecule has 2 aromatic rings. The minimum Gasteiger partial charge on any atom is -0.493 e. The second-order valence-electron chi connectivity index (χ2n) is 7.47. The minimum atomic E-state index is -0.709. The zero-order chi connectivity index (χ0) is 23.2. The van der Waals surface area contributed by atoms with Crippen molar-refractivity contribution in [2.24, 2.45) is 0 Å². The van der Waals surface area contributed by atoms with E-state index in [0.717, 1.165) is 0 Å². The number of rotatable bonds is 7. The van der Waals surface area contributed by atoms with Gasteiger partial charge in [-0.15, -0.1) is 0 Å². The van der Waals surface area contributed by atoms with Crippen LogP contribution in [0.1, 0.15) is 50.2 Å². The number of benzene rings is 2. The number of halogens is 1. The van der Waals surface area contributed by atoms with Crippen molar-refractivity contribution in [1.29, 1.82) is 0 Å². The molecule has 2 aliphatic rings. The van der Waals surface area contributed by atoms with E-state index in [1.165, 1.54) is 39.5 Å². The fourth-order valence-corrected chi connectivity index (χ4v) is 4.92. The quantitative estimate of drug-likeness (QED) is 0.319. The number of nitro benzene ring substituents is 1. The largest absolute Gasteiger partial charge is 0.493 e. The summed E-state index contributed by atoms with van der Waals surface area (Å²) in [5.41, 5.74) is 1.40. The Hall–Kier alpha value is -3.14. The topological polar surface area (TPSA) is 108 Å². The molecule has 2 atom stereocenters. The summed E-state index contributed by atoms with van der Waals surface area (Å²) in [5, 5.41) is 12.0. The van der Waals surface area contributed by atoms with Crippen molar-refractivity contribution >= 4 is 33.3 Å². The lowest BCUT2D eigenvalue weighted by Crippen LogP contribution is -2.42. The summed E-state index contributed by atoms with van der Waals surface area (Å²) < 4.78 is 16.5. The number of nitrogens with zero attached hydrogens (tertiary/aromatic N) is 2. The van der Waals surface area contributed by atoms with Gasteiger partial charge in [-0.05, 0) is 23.6 Å². The first-order chi connectivity index (χ1) is 15.4. The van der Waals surface area contributed by atoms with Gasteiger partial charge in [-0.2, -0.15) is 0 Å². The Morgan fingerprint density at radius 1 is 1.06 bits per heavy atom. The SMILES string of the molecule is COc1cc2c(c(OC)c1OC)C(=O)[C@@H]1c3ccc([N+](=O)[O-])cc3C(=O)N(CCCBr)[C@H]21. The van der Waals surface area contributed by atoms with E-state index < -0.39 is 16.9 Å². The maximum absolute atomic E-state index is 13.7. The summed E-state index contributed by atoms with van der Waals surface area (Å²) in [7, 11) is 4.39. The Labute approximate surface area is 192 Å². The van der Waals surface area contributed by atoms with Gasteiger partial charge in [0, 0.05) is 24.0 Å². The number of carbonyl (C=O) groups excluding carboxylic acids is 2. The van der Waals surface area contributed by atoms with Crippen molar-refractivity contribution in [2.75, 3.05) is 33.2 Å². The molecule has 168 valence electrons. The first kappa shape index (κ1) is 22.1. The van der Waals surface area contributed by atoms with Crippen molar-refractivity contribution in [1.82, 2.24) is 4.90 Å². The Morgan fingerprint density at radius 2 is 1.78 bits per heavy atom.